The van der Waals surface area contributed by atoms with Crippen LogP contribution in [0.5, 0.6) is 0 Å². The Labute approximate surface area is 198 Å². The molecule has 8 heteroatoms. The van der Waals surface area contributed by atoms with Gasteiger partial charge in [0.05, 0.1) is 11.1 Å². The Morgan fingerprint density at radius 3 is 2.47 bits per heavy atom. The maximum absolute atomic E-state index is 12.9. The van der Waals surface area contributed by atoms with E-state index in [0.717, 1.165) is 55.0 Å². The first-order valence-corrected chi connectivity index (χ1v) is 11.9. The molecule has 34 heavy (non-hydrogen) atoms. The standard InChI is InChI=1S/C26H32F3N5/c1-34(2)24-22-8-3-4-9-23(22)32-25(33-24)31-21-12-10-19(11-13-21)17-30-15-14-18-6-5-7-20(16-18)26(27,28)29/h3-9,16,19,21,30H,10-15,17H2,1-2H3,(H,31,32,33). The number of alkyl halides is 3. The van der Waals surface area contributed by atoms with E-state index in [1.807, 2.05) is 43.3 Å². The van der Waals surface area contributed by atoms with Crippen molar-refractivity contribution >= 4 is 22.7 Å². The predicted molar refractivity (Wildman–Crippen MR) is 131 cm³/mol. The summed E-state index contributed by atoms with van der Waals surface area (Å²) in [5.74, 6) is 2.16. The number of aromatic nitrogens is 2. The van der Waals surface area contributed by atoms with Crippen molar-refractivity contribution in [3.63, 3.8) is 0 Å². The fourth-order valence-corrected chi connectivity index (χ4v) is 4.60. The molecular weight excluding hydrogens is 439 g/mol. The first kappa shape index (κ1) is 24.3. The maximum Gasteiger partial charge on any atom is 0.416 e. The lowest BCUT2D eigenvalue weighted by Gasteiger charge is -2.29. The van der Waals surface area contributed by atoms with Gasteiger partial charge in [-0.05, 0) is 74.9 Å². The topological polar surface area (TPSA) is 53.1 Å². The van der Waals surface area contributed by atoms with Crippen LogP contribution in [0.15, 0.2) is 48.5 Å². The molecule has 0 unspecified atom stereocenters. The number of para-hydroxylation sites is 1. The lowest BCUT2D eigenvalue weighted by molar-refractivity contribution is -0.137. The molecule has 2 aromatic carbocycles. The summed E-state index contributed by atoms with van der Waals surface area (Å²) in [7, 11) is 3.98. The summed E-state index contributed by atoms with van der Waals surface area (Å²) in [6.45, 7) is 1.57. The average molecular weight is 472 g/mol. The number of fused-ring (bicyclic) bond motifs is 1. The van der Waals surface area contributed by atoms with Crippen LogP contribution in [0.4, 0.5) is 24.9 Å². The second-order valence-corrected chi connectivity index (χ2v) is 9.30. The Morgan fingerprint density at radius 1 is 0.971 bits per heavy atom. The molecule has 1 heterocycles. The van der Waals surface area contributed by atoms with Crippen molar-refractivity contribution in [3.8, 4) is 0 Å². The molecule has 4 rings (SSSR count). The Morgan fingerprint density at radius 2 is 1.74 bits per heavy atom. The zero-order valence-electron chi connectivity index (χ0n) is 19.7. The van der Waals surface area contributed by atoms with Crippen LogP contribution in [0.1, 0.15) is 36.8 Å². The van der Waals surface area contributed by atoms with E-state index in [1.54, 1.807) is 6.07 Å². The van der Waals surface area contributed by atoms with Crippen molar-refractivity contribution in [2.75, 3.05) is 37.4 Å². The molecule has 0 saturated heterocycles. The number of hydrogen-bond acceptors (Lipinski definition) is 5. The zero-order valence-corrected chi connectivity index (χ0v) is 19.7. The highest BCUT2D eigenvalue weighted by Gasteiger charge is 2.30. The van der Waals surface area contributed by atoms with Crippen molar-refractivity contribution in [1.82, 2.24) is 15.3 Å². The molecule has 3 aromatic rings. The average Bonchev–Trinajstić information content (AvgIpc) is 2.82. The SMILES string of the molecule is CN(C)c1nc(NC2CCC(CNCCc3cccc(C(F)(F)F)c3)CC2)nc2ccccc12. The van der Waals surface area contributed by atoms with Gasteiger partial charge in [-0.25, -0.2) is 4.98 Å². The highest BCUT2D eigenvalue weighted by Crippen LogP contribution is 2.30. The van der Waals surface area contributed by atoms with Crippen LogP contribution in [0.25, 0.3) is 10.9 Å². The molecule has 0 bridgehead atoms. The summed E-state index contributed by atoms with van der Waals surface area (Å²) < 4.78 is 38.6. The minimum atomic E-state index is -4.29. The van der Waals surface area contributed by atoms with Crippen molar-refractivity contribution in [1.29, 1.82) is 0 Å². The molecule has 0 amide bonds. The molecule has 0 aliphatic heterocycles. The molecular formula is C26H32F3N5. The third-order valence-corrected chi connectivity index (χ3v) is 6.46. The molecule has 1 aliphatic carbocycles. The molecule has 1 aromatic heterocycles. The fraction of sp³-hybridized carbons (Fsp3) is 0.462. The summed E-state index contributed by atoms with van der Waals surface area (Å²) in [5.41, 5.74) is 1.06. The monoisotopic (exact) mass is 471 g/mol. The molecule has 0 spiro atoms. The van der Waals surface area contributed by atoms with Crippen LogP contribution in [0, 0.1) is 5.92 Å². The van der Waals surface area contributed by atoms with Crippen LogP contribution < -0.4 is 15.5 Å². The van der Waals surface area contributed by atoms with Crippen LogP contribution >= 0.6 is 0 Å². The smallest absolute Gasteiger partial charge is 0.362 e. The number of rotatable bonds is 8. The van der Waals surface area contributed by atoms with E-state index >= 15 is 0 Å². The molecule has 1 saturated carbocycles. The Bertz CT molecular complexity index is 1090. The van der Waals surface area contributed by atoms with Gasteiger partial charge in [0.15, 0.2) is 0 Å². The number of nitrogens with zero attached hydrogens (tertiary/aromatic N) is 3. The summed E-state index contributed by atoms with van der Waals surface area (Å²) in [4.78, 5) is 11.5. The third-order valence-electron chi connectivity index (χ3n) is 6.46. The van der Waals surface area contributed by atoms with E-state index in [9.17, 15) is 13.2 Å². The van der Waals surface area contributed by atoms with Crippen molar-refractivity contribution in [2.24, 2.45) is 5.92 Å². The van der Waals surface area contributed by atoms with Gasteiger partial charge in [-0.1, -0.05) is 30.3 Å². The molecule has 5 nitrogen and oxygen atoms in total. The number of hydrogen-bond donors (Lipinski definition) is 2. The highest BCUT2D eigenvalue weighted by molar-refractivity contribution is 5.90. The Kier molecular flexibility index (Phi) is 7.56. The first-order chi connectivity index (χ1) is 16.3. The van der Waals surface area contributed by atoms with Gasteiger partial charge < -0.3 is 15.5 Å². The molecule has 2 N–H and O–H groups in total. The second kappa shape index (κ2) is 10.6. The van der Waals surface area contributed by atoms with Gasteiger partial charge in [-0.2, -0.15) is 18.2 Å². The van der Waals surface area contributed by atoms with Gasteiger partial charge in [0, 0.05) is 25.5 Å². The van der Waals surface area contributed by atoms with Crippen molar-refractivity contribution in [2.45, 2.75) is 44.3 Å². The third kappa shape index (κ3) is 6.17. The van der Waals surface area contributed by atoms with Gasteiger partial charge in [0.25, 0.3) is 0 Å². The van der Waals surface area contributed by atoms with E-state index in [1.165, 1.54) is 12.1 Å². The zero-order chi connectivity index (χ0) is 24.1. The fourth-order valence-electron chi connectivity index (χ4n) is 4.60. The minimum absolute atomic E-state index is 0.345. The van der Waals surface area contributed by atoms with E-state index in [-0.39, 0.29) is 0 Å². The van der Waals surface area contributed by atoms with Gasteiger partial charge in [0.2, 0.25) is 5.95 Å². The summed E-state index contributed by atoms with van der Waals surface area (Å²) in [6.07, 6.45) is 0.599. The van der Waals surface area contributed by atoms with Crippen LogP contribution in [0.2, 0.25) is 0 Å². The maximum atomic E-state index is 12.9. The van der Waals surface area contributed by atoms with E-state index in [2.05, 4.69) is 10.6 Å². The first-order valence-electron chi connectivity index (χ1n) is 11.9. The van der Waals surface area contributed by atoms with Gasteiger partial charge >= 0.3 is 6.18 Å². The molecule has 0 atom stereocenters. The normalized spacial score (nSPS) is 18.7. The Hall–Kier alpha value is -2.87. The van der Waals surface area contributed by atoms with Gasteiger partial charge in [0.1, 0.15) is 5.82 Å². The molecule has 0 radical (unpaired) electrons. The summed E-state index contributed by atoms with van der Waals surface area (Å²) in [6, 6.07) is 14.0. The molecule has 1 fully saturated rings. The predicted octanol–water partition coefficient (Wildman–Crippen LogP) is 5.52. The highest BCUT2D eigenvalue weighted by atomic mass is 19.4. The lowest BCUT2D eigenvalue weighted by Crippen LogP contribution is -2.32. The molecule has 182 valence electrons. The second-order valence-electron chi connectivity index (χ2n) is 9.30. The molecule has 1 aliphatic rings. The largest absolute Gasteiger partial charge is 0.416 e. The minimum Gasteiger partial charge on any atom is -0.362 e. The number of anilines is 2. The van der Waals surface area contributed by atoms with Crippen molar-refractivity contribution < 1.29 is 13.2 Å². The van der Waals surface area contributed by atoms with E-state index in [0.29, 0.717) is 36.4 Å². The lowest BCUT2D eigenvalue weighted by atomic mass is 9.86. The van der Waals surface area contributed by atoms with Crippen molar-refractivity contribution in [3.05, 3.63) is 59.7 Å². The van der Waals surface area contributed by atoms with E-state index in [4.69, 9.17) is 9.97 Å². The van der Waals surface area contributed by atoms with Gasteiger partial charge in [-0.15, -0.1) is 0 Å². The number of benzene rings is 2. The number of halogens is 3. The van der Waals surface area contributed by atoms with Crippen LogP contribution in [-0.4, -0.2) is 43.2 Å². The van der Waals surface area contributed by atoms with Crippen LogP contribution in [-0.2, 0) is 12.6 Å². The summed E-state index contributed by atoms with van der Waals surface area (Å²) >= 11 is 0. The van der Waals surface area contributed by atoms with Crippen LogP contribution in [0.3, 0.4) is 0 Å². The van der Waals surface area contributed by atoms with E-state index < -0.39 is 11.7 Å². The summed E-state index contributed by atoms with van der Waals surface area (Å²) in [5, 5.41) is 8.01. The Balaban J connectivity index is 1.23. The van der Waals surface area contributed by atoms with Gasteiger partial charge in [-0.3, -0.25) is 0 Å². The number of nitrogens with one attached hydrogen (secondary N) is 2. The quantitative estimate of drug-likeness (QED) is 0.424.